The number of carbonyl (C=O) groups excluding carboxylic acids is 2. The third-order valence-electron chi connectivity index (χ3n) is 2.89. The Kier molecular flexibility index (Phi) is 5.69. The van der Waals surface area contributed by atoms with Gasteiger partial charge in [-0.3, -0.25) is 9.59 Å². The molecule has 1 aromatic rings. The van der Waals surface area contributed by atoms with Crippen molar-refractivity contribution in [1.82, 2.24) is 15.6 Å². The van der Waals surface area contributed by atoms with Gasteiger partial charge in [0.15, 0.2) is 0 Å². The Morgan fingerprint density at radius 2 is 1.71 bits per heavy atom. The number of anilines is 1. The number of pyridine rings is 1. The van der Waals surface area contributed by atoms with E-state index in [4.69, 9.17) is 5.73 Å². The number of nitrogens with one attached hydrogen (secondary N) is 2. The van der Waals surface area contributed by atoms with E-state index < -0.39 is 6.04 Å². The summed E-state index contributed by atoms with van der Waals surface area (Å²) in [5.74, 6) is -0.0887. The molecule has 21 heavy (non-hydrogen) atoms. The van der Waals surface area contributed by atoms with E-state index in [1.165, 1.54) is 6.07 Å². The molecule has 6 heteroatoms. The summed E-state index contributed by atoms with van der Waals surface area (Å²) in [5.41, 5.74) is 6.88. The molecule has 0 saturated carbocycles. The lowest BCUT2D eigenvalue weighted by molar-refractivity contribution is -0.123. The predicted molar refractivity (Wildman–Crippen MR) is 82.9 cm³/mol. The zero-order valence-electron chi connectivity index (χ0n) is 13.2. The summed E-state index contributed by atoms with van der Waals surface area (Å²) in [4.78, 5) is 28.2. The first-order chi connectivity index (χ1) is 9.70. The van der Waals surface area contributed by atoms with Gasteiger partial charge in [-0.1, -0.05) is 13.8 Å². The van der Waals surface area contributed by atoms with Gasteiger partial charge >= 0.3 is 0 Å². The molecule has 1 heterocycles. The van der Waals surface area contributed by atoms with E-state index in [2.05, 4.69) is 15.6 Å². The molecule has 116 valence electrons. The second kappa shape index (κ2) is 7.06. The molecule has 1 rings (SSSR count). The predicted octanol–water partition coefficient (Wildman–Crippen LogP) is 1.43. The van der Waals surface area contributed by atoms with Crippen LogP contribution in [0.2, 0.25) is 0 Å². The molecule has 0 spiro atoms. The van der Waals surface area contributed by atoms with Crippen molar-refractivity contribution in [1.29, 1.82) is 0 Å². The molecule has 1 atom stereocenters. The van der Waals surface area contributed by atoms with Crippen LogP contribution in [0.4, 0.5) is 5.82 Å². The third-order valence-corrected chi connectivity index (χ3v) is 2.89. The van der Waals surface area contributed by atoms with Gasteiger partial charge in [-0.15, -0.1) is 0 Å². The number of aromatic nitrogens is 1. The van der Waals surface area contributed by atoms with Gasteiger partial charge in [0.2, 0.25) is 5.91 Å². The van der Waals surface area contributed by atoms with Crippen LogP contribution in [0.1, 0.15) is 56.6 Å². The van der Waals surface area contributed by atoms with Crippen LogP contribution in [0.15, 0.2) is 12.1 Å². The van der Waals surface area contributed by atoms with Crippen LogP contribution in [0.25, 0.3) is 0 Å². The monoisotopic (exact) mass is 292 g/mol. The number of nitrogens with zero attached hydrogens (tertiary/aromatic N) is 1. The average Bonchev–Trinajstić information content (AvgIpc) is 2.36. The third kappa shape index (κ3) is 5.06. The van der Waals surface area contributed by atoms with Crippen molar-refractivity contribution in [3.05, 3.63) is 23.4 Å². The molecule has 0 aliphatic carbocycles. The Labute approximate surface area is 125 Å². The minimum Gasteiger partial charge on any atom is -0.384 e. The minimum absolute atomic E-state index is 0.0287. The molecule has 0 aliphatic heterocycles. The highest BCUT2D eigenvalue weighted by molar-refractivity contribution is 5.98. The van der Waals surface area contributed by atoms with E-state index >= 15 is 0 Å². The van der Waals surface area contributed by atoms with E-state index in [1.807, 2.05) is 27.7 Å². The van der Waals surface area contributed by atoms with E-state index in [-0.39, 0.29) is 23.8 Å². The number of hydrogen-bond acceptors (Lipinski definition) is 4. The van der Waals surface area contributed by atoms with Crippen LogP contribution in [0, 0.1) is 0 Å². The molecule has 0 bridgehead atoms. The van der Waals surface area contributed by atoms with Crippen molar-refractivity contribution in [2.75, 3.05) is 5.73 Å². The van der Waals surface area contributed by atoms with Gasteiger partial charge in [-0.05, 0) is 38.8 Å². The second-order valence-corrected chi connectivity index (χ2v) is 5.72. The molecule has 6 nitrogen and oxygen atoms in total. The van der Waals surface area contributed by atoms with Crippen LogP contribution in [-0.4, -0.2) is 28.9 Å². The lowest BCUT2D eigenvalue weighted by Gasteiger charge is -2.16. The highest BCUT2D eigenvalue weighted by Gasteiger charge is 2.18. The normalized spacial score (nSPS) is 12.3. The summed E-state index contributed by atoms with van der Waals surface area (Å²) >= 11 is 0. The van der Waals surface area contributed by atoms with Crippen LogP contribution in [-0.2, 0) is 4.79 Å². The SMILES string of the molecule is CC(C)NC(=O)C(C)NC(=O)c1cc(N)nc(C(C)C)c1. The second-order valence-electron chi connectivity index (χ2n) is 5.72. The van der Waals surface area contributed by atoms with Crippen molar-refractivity contribution >= 4 is 17.6 Å². The fraction of sp³-hybridized carbons (Fsp3) is 0.533. The Balaban J connectivity index is 2.82. The van der Waals surface area contributed by atoms with Gasteiger partial charge in [0.25, 0.3) is 5.91 Å². The summed E-state index contributed by atoms with van der Waals surface area (Å²) in [5, 5.41) is 5.41. The van der Waals surface area contributed by atoms with Gasteiger partial charge in [0, 0.05) is 17.3 Å². The summed E-state index contributed by atoms with van der Waals surface area (Å²) in [6.07, 6.45) is 0. The van der Waals surface area contributed by atoms with E-state index in [0.29, 0.717) is 11.4 Å². The molecule has 0 aromatic carbocycles. The first-order valence-corrected chi connectivity index (χ1v) is 7.09. The molecule has 0 aliphatic rings. The standard InChI is InChI=1S/C15H24N4O2/c1-8(2)12-6-11(7-13(16)19-12)15(21)18-10(5)14(20)17-9(3)4/h6-10H,1-5H3,(H2,16,19)(H,17,20)(H,18,21). The molecule has 0 radical (unpaired) electrons. The highest BCUT2D eigenvalue weighted by Crippen LogP contribution is 2.16. The van der Waals surface area contributed by atoms with Gasteiger partial charge < -0.3 is 16.4 Å². The fourth-order valence-electron chi connectivity index (χ4n) is 1.76. The molecule has 1 unspecified atom stereocenters. The quantitative estimate of drug-likeness (QED) is 0.764. The maximum Gasteiger partial charge on any atom is 0.252 e. The number of amides is 2. The summed E-state index contributed by atoms with van der Waals surface area (Å²) in [6.45, 7) is 9.32. The highest BCUT2D eigenvalue weighted by atomic mass is 16.2. The Hall–Kier alpha value is -2.11. The van der Waals surface area contributed by atoms with Gasteiger partial charge in [-0.2, -0.15) is 0 Å². The smallest absolute Gasteiger partial charge is 0.252 e. The van der Waals surface area contributed by atoms with Crippen molar-refractivity contribution < 1.29 is 9.59 Å². The zero-order chi connectivity index (χ0) is 16.2. The van der Waals surface area contributed by atoms with Crippen molar-refractivity contribution in [3.8, 4) is 0 Å². The molecule has 1 aromatic heterocycles. The fourth-order valence-corrected chi connectivity index (χ4v) is 1.76. The van der Waals surface area contributed by atoms with E-state index in [0.717, 1.165) is 5.69 Å². The lowest BCUT2D eigenvalue weighted by atomic mass is 10.1. The Bertz CT molecular complexity index is 526. The van der Waals surface area contributed by atoms with Crippen molar-refractivity contribution in [2.24, 2.45) is 0 Å². The number of hydrogen-bond donors (Lipinski definition) is 3. The van der Waals surface area contributed by atoms with Crippen LogP contribution < -0.4 is 16.4 Å². The van der Waals surface area contributed by atoms with E-state index in [9.17, 15) is 9.59 Å². The maximum atomic E-state index is 12.2. The molecular weight excluding hydrogens is 268 g/mol. The summed E-state index contributed by atoms with van der Waals surface area (Å²) in [6, 6.07) is 2.62. The summed E-state index contributed by atoms with van der Waals surface area (Å²) < 4.78 is 0. The number of carbonyl (C=O) groups is 2. The molecular formula is C15H24N4O2. The van der Waals surface area contributed by atoms with Crippen LogP contribution in [0.5, 0.6) is 0 Å². The van der Waals surface area contributed by atoms with Crippen molar-refractivity contribution in [2.45, 2.75) is 52.6 Å². The minimum atomic E-state index is -0.614. The molecule has 4 N–H and O–H groups in total. The number of rotatable bonds is 5. The van der Waals surface area contributed by atoms with E-state index in [1.54, 1.807) is 13.0 Å². The molecule has 0 fully saturated rings. The van der Waals surface area contributed by atoms with Gasteiger partial charge in [0.05, 0.1) is 0 Å². The van der Waals surface area contributed by atoms with Crippen molar-refractivity contribution in [3.63, 3.8) is 0 Å². The molecule has 2 amide bonds. The topological polar surface area (TPSA) is 97.1 Å². The maximum absolute atomic E-state index is 12.2. The van der Waals surface area contributed by atoms with Gasteiger partial charge in [-0.25, -0.2) is 4.98 Å². The number of nitrogens with two attached hydrogens (primary N) is 1. The zero-order valence-corrected chi connectivity index (χ0v) is 13.2. The largest absolute Gasteiger partial charge is 0.384 e. The number of nitrogen functional groups attached to an aromatic ring is 1. The van der Waals surface area contributed by atoms with Gasteiger partial charge in [0.1, 0.15) is 11.9 Å². The molecule has 0 saturated heterocycles. The van der Waals surface area contributed by atoms with Crippen LogP contribution in [0.3, 0.4) is 0 Å². The average molecular weight is 292 g/mol. The lowest BCUT2D eigenvalue weighted by Crippen LogP contribution is -2.46. The Morgan fingerprint density at radius 1 is 1.10 bits per heavy atom. The first-order valence-electron chi connectivity index (χ1n) is 7.09. The first kappa shape index (κ1) is 16.9. The Morgan fingerprint density at radius 3 is 2.24 bits per heavy atom. The van der Waals surface area contributed by atoms with Crippen LogP contribution >= 0.6 is 0 Å². The summed E-state index contributed by atoms with van der Waals surface area (Å²) in [7, 11) is 0.